The van der Waals surface area contributed by atoms with Crippen molar-refractivity contribution in [1.29, 1.82) is 0 Å². The molecule has 1 aliphatic carbocycles. The van der Waals surface area contributed by atoms with Crippen LogP contribution in [0.4, 0.5) is 8.78 Å². The molecule has 2 aromatic rings. The van der Waals surface area contributed by atoms with E-state index in [9.17, 15) is 8.78 Å². The van der Waals surface area contributed by atoms with Gasteiger partial charge in [-0.05, 0) is 42.5 Å². The molecule has 1 saturated carbocycles. The summed E-state index contributed by atoms with van der Waals surface area (Å²) in [5.41, 5.74) is 3.16. The lowest BCUT2D eigenvalue weighted by molar-refractivity contribution is 0.254. The number of rotatable bonds is 6. The van der Waals surface area contributed by atoms with E-state index in [4.69, 9.17) is 4.74 Å². The Kier molecular flexibility index (Phi) is 4.23. The van der Waals surface area contributed by atoms with Crippen LogP contribution in [0, 0.1) is 11.6 Å². The zero-order chi connectivity index (χ0) is 16.5. The molecule has 2 aliphatic rings. The van der Waals surface area contributed by atoms with E-state index in [0.717, 1.165) is 37.8 Å². The molecule has 0 atom stereocenters. The van der Waals surface area contributed by atoms with Crippen LogP contribution in [0.5, 0.6) is 5.75 Å². The Bertz CT molecular complexity index is 742. The third kappa shape index (κ3) is 3.44. The summed E-state index contributed by atoms with van der Waals surface area (Å²) < 4.78 is 32.5. The SMILES string of the molecule is Fc1ccc(CN(CCc2ccc3c(c2)CCO3)C2CC2)c(F)c1. The van der Waals surface area contributed by atoms with E-state index in [1.54, 1.807) is 6.07 Å². The summed E-state index contributed by atoms with van der Waals surface area (Å²) in [5, 5.41) is 0. The average molecular weight is 329 g/mol. The fraction of sp³-hybridized carbons (Fsp3) is 0.400. The summed E-state index contributed by atoms with van der Waals surface area (Å²) in [7, 11) is 0. The van der Waals surface area contributed by atoms with Crippen molar-refractivity contribution >= 4 is 0 Å². The summed E-state index contributed by atoms with van der Waals surface area (Å²) >= 11 is 0. The molecule has 0 unspecified atom stereocenters. The van der Waals surface area contributed by atoms with Gasteiger partial charge in [0.25, 0.3) is 0 Å². The van der Waals surface area contributed by atoms with Crippen LogP contribution in [0.25, 0.3) is 0 Å². The lowest BCUT2D eigenvalue weighted by Crippen LogP contribution is -2.28. The normalized spacial score (nSPS) is 16.3. The molecule has 2 aromatic carbocycles. The second-order valence-corrected chi connectivity index (χ2v) is 6.73. The molecule has 1 fully saturated rings. The molecule has 24 heavy (non-hydrogen) atoms. The summed E-state index contributed by atoms with van der Waals surface area (Å²) in [6.45, 7) is 2.21. The first-order valence-corrected chi connectivity index (χ1v) is 8.61. The third-order valence-electron chi connectivity index (χ3n) is 4.89. The summed E-state index contributed by atoms with van der Waals surface area (Å²) in [6.07, 6.45) is 4.25. The first-order chi connectivity index (χ1) is 11.7. The lowest BCUT2D eigenvalue weighted by atomic mass is 10.1. The van der Waals surface area contributed by atoms with Crippen molar-refractivity contribution in [2.75, 3.05) is 13.2 Å². The molecule has 0 saturated heterocycles. The van der Waals surface area contributed by atoms with E-state index < -0.39 is 11.6 Å². The Morgan fingerprint density at radius 1 is 1.08 bits per heavy atom. The zero-order valence-electron chi connectivity index (χ0n) is 13.6. The standard InChI is InChI=1S/C20H21F2NO/c21-17-3-2-16(19(22)12-17)13-23(18-4-5-18)9-7-14-1-6-20-15(11-14)8-10-24-20/h1-3,6,11-12,18H,4-5,7-10,13H2. The number of ether oxygens (including phenoxy) is 1. The molecule has 4 heteroatoms. The molecule has 1 aliphatic heterocycles. The minimum atomic E-state index is -0.519. The van der Waals surface area contributed by atoms with Crippen LogP contribution in [-0.4, -0.2) is 24.1 Å². The van der Waals surface area contributed by atoms with E-state index in [0.29, 0.717) is 18.2 Å². The minimum absolute atomic E-state index is 0.449. The maximum absolute atomic E-state index is 13.9. The predicted octanol–water partition coefficient (Wildman–Crippen LogP) is 4.11. The van der Waals surface area contributed by atoms with Crippen molar-refractivity contribution in [3.8, 4) is 5.75 Å². The number of fused-ring (bicyclic) bond motifs is 1. The van der Waals surface area contributed by atoms with Gasteiger partial charge in [-0.3, -0.25) is 4.90 Å². The Balaban J connectivity index is 1.42. The van der Waals surface area contributed by atoms with Crippen LogP contribution in [0.2, 0.25) is 0 Å². The molecule has 0 amide bonds. The molecule has 4 rings (SSSR count). The largest absolute Gasteiger partial charge is 0.493 e. The van der Waals surface area contributed by atoms with Gasteiger partial charge in [0.2, 0.25) is 0 Å². The number of hydrogen-bond acceptors (Lipinski definition) is 2. The number of hydrogen-bond donors (Lipinski definition) is 0. The van der Waals surface area contributed by atoms with Crippen molar-refractivity contribution in [3.63, 3.8) is 0 Å². The summed E-state index contributed by atoms with van der Waals surface area (Å²) in [5.74, 6) is 0.0380. The van der Waals surface area contributed by atoms with Crippen molar-refractivity contribution in [1.82, 2.24) is 4.90 Å². The monoisotopic (exact) mass is 329 g/mol. The van der Waals surface area contributed by atoms with Gasteiger partial charge in [-0.1, -0.05) is 18.2 Å². The molecular formula is C20H21F2NO. The topological polar surface area (TPSA) is 12.5 Å². The van der Waals surface area contributed by atoms with Gasteiger partial charge in [-0.25, -0.2) is 8.78 Å². The van der Waals surface area contributed by atoms with E-state index in [2.05, 4.69) is 23.1 Å². The molecule has 1 heterocycles. The van der Waals surface area contributed by atoms with Crippen molar-refractivity contribution in [3.05, 3.63) is 64.7 Å². The first kappa shape index (κ1) is 15.6. The van der Waals surface area contributed by atoms with E-state index >= 15 is 0 Å². The van der Waals surface area contributed by atoms with E-state index in [1.165, 1.54) is 30.0 Å². The second-order valence-electron chi connectivity index (χ2n) is 6.73. The van der Waals surface area contributed by atoms with Crippen LogP contribution in [0.15, 0.2) is 36.4 Å². The maximum atomic E-state index is 13.9. The number of nitrogens with zero attached hydrogens (tertiary/aromatic N) is 1. The van der Waals surface area contributed by atoms with Gasteiger partial charge < -0.3 is 4.74 Å². The third-order valence-corrected chi connectivity index (χ3v) is 4.89. The second kappa shape index (κ2) is 6.52. The molecule has 0 aromatic heterocycles. The van der Waals surface area contributed by atoms with Gasteiger partial charge in [-0.2, -0.15) is 0 Å². The van der Waals surface area contributed by atoms with Gasteiger partial charge in [0.05, 0.1) is 6.61 Å². The van der Waals surface area contributed by atoms with Crippen LogP contribution in [0.3, 0.4) is 0 Å². The van der Waals surface area contributed by atoms with Crippen LogP contribution in [-0.2, 0) is 19.4 Å². The Hall–Kier alpha value is -1.94. The van der Waals surface area contributed by atoms with E-state index in [1.807, 2.05) is 0 Å². The highest BCUT2D eigenvalue weighted by Gasteiger charge is 2.29. The predicted molar refractivity (Wildman–Crippen MR) is 89.1 cm³/mol. The Morgan fingerprint density at radius 3 is 2.75 bits per heavy atom. The quantitative estimate of drug-likeness (QED) is 0.791. The molecule has 0 radical (unpaired) electrons. The van der Waals surface area contributed by atoms with Gasteiger partial charge >= 0.3 is 0 Å². The Labute approximate surface area is 141 Å². The van der Waals surface area contributed by atoms with Crippen molar-refractivity contribution < 1.29 is 13.5 Å². The average Bonchev–Trinajstić information content (AvgIpc) is 3.30. The van der Waals surface area contributed by atoms with Crippen LogP contribution >= 0.6 is 0 Å². The highest BCUT2D eigenvalue weighted by atomic mass is 19.1. The highest BCUT2D eigenvalue weighted by molar-refractivity contribution is 5.39. The molecule has 0 bridgehead atoms. The van der Waals surface area contributed by atoms with Gasteiger partial charge in [0.1, 0.15) is 17.4 Å². The Morgan fingerprint density at radius 2 is 1.96 bits per heavy atom. The number of halogens is 2. The highest BCUT2D eigenvalue weighted by Crippen LogP contribution is 2.30. The molecule has 2 nitrogen and oxygen atoms in total. The zero-order valence-corrected chi connectivity index (χ0v) is 13.6. The van der Waals surface area contributed by atoms with E-state index in [-0.39, 0.29) is 0 Å². The first-order valence-electron chi connectivity index (χ1n) is 8.61. The fourth-order valence-electron chi connectivity index (χ4n) is 3.37. The minimum Gasteiger partial charge on any atom is -0.493 e. The van der Waals surface area contributed by atoms with Crippen LogP contribution in [0.1, 0.15) is 29.5 Å². The summed E-state index contributed by atoms with van der Waals surface area (Å²) in [4.78, 5) is 2.32. The summed E-state index contributed by atoms with van der Waals surface area (Å²) in [6, 6.07) is 10.8. The van der Waals surface area contributed by atoms with Gasteiger partial charge in [0.15, 0.2) is 0 Å². The lowest BCUT2D eigenvalue weighted by Gasteiger charge is -2.22. The molecular weight excluding hydrogens is 308 g/mol. The van der Waals surface area contributed by atoms with Crippen molar-refractivity contribution in [2.24, 2.45) is 0 Å². The van der Waals surface area contributed by atoms with Crippen LogP contribution < -0.4 is 4.74 Å². The molecule has 126 valence electrons. The van der Waals surface area contributed by atoms with Crippen molar-refractivity contribution in [2.45, 2.75) is 38.3 Å². The fourth-order valence-corrected chi connectivity index (χ4v) is 3.37. The maximum Gasteiger partial charge on any atom is 0.130 e. The smallest absolute Gasteiger partial charge is 0.130 e. The van der Waals surface area contributed by atoms with Gasteiger partial charge in [0, 0.05) is 37.2 Å². The molecule has 0 spiro atoms. The van der Waals surface area contributed by atoms with Gasteiger partial charge in [-0.15, -0.1) is 0 Å². The number of benzene rings is 2. The molecule has 0 N–H and O–H groups in total.